The molecule has 1 fully saturated rings. The van der Waals surface area contributed by atoms with E-state index in [4.69, 9.17) is 5.73 Å². The van der Waals surface area contributed by atoms with E-state index in [9.17, 15) is 13.6 Å². The Bertz CT molecular complexity index is 426. The second-order valence-electron chi connectivity index (χ2n) is 4.24. The van der Waals surface area contributed by atoms with Crippen molar-refractivity contribution in [3.8, 4) is 0 Å². The normalized spacial score (nSPS) is 14.3. The summed E-state index contributed by atoms with van der Waals surface area (Å²) in [4.78, 5) is 17.5. The van der Waals surface area contributed by atoms with Gasteiger partial charge in [0.25, 0.3) is 12.3 Å². The molecule has 0 radical (unpaired) electrons. The summed E-state index contributed by atoms with van der Waals surface area (Å²) < 4.78 is 24.9. The number of carbonyl (C=O) groups excluding carboxylic acids is 1. The van der Waals surface area contributed by atoms with Crippen LogP contribution >= 0.6 is 23.7 Å². The van der Waals surface area contributed by atoms with Crippen molar-refractivity contribution in [2.75, 3.05) is 13.1 Å². The smallest absolute Gasteiger partial charge is 0.273 e. The molecule has 4 nitrogen and oxygen atoms in total. The van der Waals surface area contributed by atoms with Gasteiger partial charge >= 0.3 is 0 Å². The van der Waals surface area contributed by atoms with Crippen molar-refractivity contribution in [1.82, 2.24) is 9.88 Å². The fraction of sp³-hybridized carbons (Fsp3) is 0.636. The van der Waals surface area contributed by atoms with Crippen molar-refractivity contribution in [1.29, 1.82) is 0 Å². The summed E-state index contributed by atoms with van der Waals surface area (Å²) in [6.45, 7) is -0.0439. The Morgan fingerprint density at radius 1 is 1.58 bits per heavy atom. The molecule has 1 amide bonds. The third kappa shape index (κ3) is 4.36. The molecule has 0 aromatic carbocycles. The van der Waals surface area contributed by atoms with Gasteiger partial charge in [0.05, 0.1) is 11.6 Å². The van der Waals surface area contributed by atoms with E-state index in [1.807, 2.05) is 0 Å². The molecule has 0 bridgehead atoms. The molecule has 8 heteroatoms. The van der Waals surface area contributed by atoms with E-state index < -0.39 is 18.9 Å². The number of halogens is 3. The fourth-order valence-corrected chi connectivity index (χ4v) is 2.52. The predicted molar refractivity (Wildman–Crippen MR) is 72.2 cm³/mol. The summed E-state index contributed by atoms with van der Waals surface area (Å²) in [5.74, 6) is -0.391. The third-order valence-electron chi connectivity index (χ3n) is 2.71. The summed E-state index contributed by atoms with van der Waals surface area (Å²) in [6, 6.07) is -0.0360. The lowest BCUT2D eigenvalue weighted by Crippen LogP contribution is -2.37. The molecule has 0 saturated heterocycles. The first kappa shape index (κ1) is 16.3. The van der Waals surface area contributed by atoms with E-state index in [1.54, 1.807) is 5.38 Å². The van der Waals surface area contributed by atoms with E-state index in [-0.39, 0.29) is 24.1 Å². The SMILES string of the molecule is Cl.NCCc1nc(C(=O)N(CC(F)F)C2CC2)cs1. The molecule has 1 heterocycles. The highest BCUT2D eigenvalue weighted by Crippen LogP contribution is 2.29. The maximum atomic E-state index is 12.4. The second kappa shape index (κ2) is 7.12. The molecule has 1 aromatic heterocycles. The van der Waals surface area contributed by atoms with Gasteiger partial charge in [-0.1, -0.05) is 0 Å². The maximum Gasteiger partial charge on any atom is 0.273 e. The zero-order chi connectivity index (χ0) is 13.1. The molecule has 1 saturated carbocycles. The Hall–Kier alpha value is -0.790. The number of thiazole rings is 1. The Morgan fingerprint density at radius 3 is 2.79 bits per heavy atom. The standard InChI is InChI=1S/C11H15F2N3OS.ClH/c12-9(13)5-16(7-1-2-7)11(17)8-6-18-10(15-8)3-4-14;/h6-7,9H,1-5,14H2;1H. The predicted octanol–water partition coefficient (Wildman–Crippen LogP) is 1.94. The van der Waals surface area contributed by atoms with E-state index in [1.165, 1.54) is 16.2 Å². The highest BCUT2D eigenvalue weighted by atomic mass is 35.5. The number of alkyl halides is 2. The Balaban J connectivity index is 0.00000180. The summed E-state index contributed by atoms with van der Waals surface area (Å²) >= 11 is 1.34. The number of nitrogens with zero attached hydrogens (tertiary/aromatic N) is 2. The zero-order valence-corrected chi connectivity index (χ0v) is 11.9. The molecule has 0 atom stereocenters. The number of nitrogens with two attached hydrogens (primary N) is 1. The van der Waals surface area contributed by atoms with Crippen LogP contribution in [0.1, 0.15) is 28.3 Å². The van der Waals surface area contributed by atoms with Crippen molar-refractivity contribution in [3.05, 3.63) is 16.1 Å². The van der Waals surface area contributed by atoms with Gasteiger partial charge in [0.2, 0.25) is 0 Å². The van der Waals surface area contributed by atoms with Crippen molar-refractivity contribution < 1.29 is 13.6 Å². The zero-order valence-electron chi connectivity index (χ0n) is 10.2. The van der Waals surface area contributed by atoms with Gasteiger partial charge in [0.15, 0.2) is 0 Å². The van der Waals surface area contributed by atoms with Gasteiger partial charge in [-0.3, -0.25) is 4.79 Å². The number of hydrogen-bond acceptors (Lipinski definition) is 4. The Kier molecular flexibility index (Phi) is 6.09. The molecule has 0 unspecified atom stereocenters. The van der Waals surface area contributed by atoms with Crippen molar-refractivity contribution in [3.63, 3.8) is 0 Å². The van der Waals surface area contributed by atoms with Gasteiger partial charge in [-0.25, -0.2) is 13.8 Å². The first-order valence-electron chi connectivity index (χ1n) is 5.85. The molecule has 2 rings (SSSR count). The van der Waals surface area contributed by atoms with E-state index in [0.29, 0.717) is 13.0 Å². The average Bonchev–Trinajstić information content (AvgIpc) is 3.06. The molecule has 0 aliphatic heterocycles. The van der Waals surface area contributed by atoms with Crippen LogP contribution < -0.4 is 5.73 Å². The molecular formula is C11H16ClF2N3OS. The lowest BCUT2D eigenvalue weighted by Gasteiger charge is -2.20. The molecule has 1 aliphatic rings. The summed E-state index contributed by atoms with van der Waals surface area (Å²) in [5.41, 5.74) is 5.66. The Morgan fingerprint density at radius 2 is 2.26 bits per heavy atom. The van der Waals surface area contributed by atoms with Crippen LogP contribution in [0.15, 0.2) is 5.38 Å². The van der Waals surface area contributed by atoms with Gasteiger partial charge in [-0.2, -0.15) is 0 Å². The Labute approximate surface area is 120 Å². The van der Waals surface area contributed by atoms with E-state index in [0.717, 1.165) is 17.8 Å². The number of rotatable bonds is 6. The molecule has 0 spiro atoms. The minimum absolute atomic E-state index is 0. The second-order valence-corrected chi connectivity index (χ2v) is 5.19. The number of hydrogen-bond donors (Lipinski definition) is 1. The summed E-state index contributed by atoms with van der Waals surface area (Å²) in [7, 11) is 0. The highest BCUT2D eigenvalue weighted by molar-refractivity contribution is 7.09. The average molecular weight is 312 g/mol. The first-order chi connectivity index (χ1) is 8.61. The van der Waals surface area contributed by atoms with Crippen molar-refractivity contribution in [2.45, 2.75) is 31.7 Å². The van der Waals surface area contributed by atoms with Gasteiger partial charge in [-0.15, -0.1) is 23.7 Å². The fourth-order valence-electron chi connectivity index (χ4n) is 1.73. The van der Waals surface area contributed by atoms with Crippen LogP contribution in [0.2, 0.25) is 0 Å². The van der Waals surface area contributed by atoms with Crippen LogP contribution in [0.3, 0.4) is 0 Å². The third-order valence-corrected chi connectivity index (χ3v) is 3.62. The van der Waals surface area contributed by atoms with Crippen molar-refractivity contribution >= 4 is 29.7 Å². The molecule has 108 valence electrons. The number of carbonyl (C=O) groups is 1. The van der Waals surface area contributed by atoms with Gasteiger partial charge < -0.3 is 10.6 Å². The highest BCUT2D eigenvalue weighted by Gasteiger charge is 2.35. The lowest BCUT2D eigenvalue weighted by molar-refractivity contribution is 0.0530. The van der Waals surface area contributed by atoms with Gasteiger partial charge in [-0.05, 0) is 19.4 Å². The van der Waals surface area contributed by atoms with Crippen LogP contribution in [0, 0.1) is 0 Å². The molecular weight excluding hydrogens is 296 g/mol. The largest absolute Gasteiger partial charge is 0.330 e. The minimum Gasteiger partial charge on any atom is -0.330 e. The summed E-state index contributed by atoms with van der Waals surface area (Å²) in [6.07, 6.45) is -0.288. The van der Waals surface area contributed by atoms with Crippen LogP contribution in [0.4, 0.5) is 8.78 Å². The molecule has 2 N–H and O–H groups in total. The molecule has 1 aliphatic carbocycles. The van der Waals surface area contributed by atoms with E-state index >= 15 is 0 Å². The maximum absolute atomic E-state index is 12.4. The van der Waals surface area contributed by atoms with Crippen LogP contribution in [0.5, 0.6) is 0 Å². The van der Waals surface area contributed by atoms with Crippen LogP contribution in [0.25, 0.3) is 0 Å². The van der Waals surface area contributed by atoms with Crippen LogP contribution in [-0.4, -0.2) is 41.3 Å². The first-order valence-corrected chi connectivity index (χ1v) is 6.73. The van der Waals surface area contributed by atoms with Crippen LogP contribution in [-0.2, 0) is 6.42 Å². The van der Waals surface area contributed by atoms with Gasteiger partial charge in [0.1, 0.15) is 5.69 Å². The van der Waals surface area contributed by atoms with E-state index in [2.05, 4.69) is 4.98 Å². The van der Waals surface area contributed by atoms with Gasteiger partial charge in [0, 0.05) is 17.8 Å². The monoisotopic (exact) mass is 311 g/mol. The lowest BCUT2D eigenvalue weighted by atomic mass is 10.3. The number of aromatic nitrogens is 1. The minimum atomic E-state index is -2.50. The van der Waals surface area contributed by atoms with Crippen molar-refractivity contribution in [2.24, 2.45) is 5.73 Å². The molecule has 19 heavy (non-hydrogen) atoms. The molecule has 1 aromatic rings. The summed E-state index contributed by atoms with van der Waals surface area (Å²) in [5, 5.41) is 2.39. The topological polar surface area (TPSA) is 59.2 Å². The number of amides is 1. The quantitative estimate of drug-likeness (QED) is 0.873.